The molecule has 4 atom stereocenters. The number of phenolic OH excluding ortho intramolecular Hbond substituents is 3. The van der Waals surface area contributed by atoms with Gasteiger partial charge in [-0.2, -0.15) is 0 Å². The second-order valence-corrected chi connectivity index (χ2v) is 19.5. The Kier molecular flexibility index (Phi) is 20.7. The Balaban J connectivity index is 0.000000225. The van der Waals surface area contributed by atoms with E-state index in [0.717, 1.165) is 0 Å². The molecule has 0 bridgehead atoms. The molecule has 21 nitrogen and oxygen atoms in total. The van der Waals surface area contributed by atoms with Gasteiger partial charge in [0.25, 0.3) is 17.7 Å². The maximum absolute atomic E-state index is 14.9. The predicted molar refractivity (Wildman–Crippen MR) is 294 cm³/mol. The lowest BCUT2D eigenvalue weighted by atomic mass is 10.00. The average molecular weight is 1130 g/mol. The van der Waals surface area contributed by atoms with E-state index >= 15 is 0 Å². The highest BCUT2D eigenvalue weighted by Crippen LogP contribution is 2.32. The summed E-state index contributed by atoms with van der Waals surface area (Å²) in [6.07, 6.45) is -0.492. The lowest BCUT2D eigenvalue weighted by Gasteiger charge is -2.24. The molecule has 0 saturated carbocycles. The number of carboxylic acid groups (broad SMARTS) is 1. The van der Waals surface area contributed by atoms with Crippen molar-refractivity contribution in [3.05, 3.63) is 177 Å². The van der Waals surface area contributed by atoms with Crippen LogP contribution in [0.4, 0.5) is 13.6 Å². The Hall–Kier alpha value is -9.61. The average Bonchev–Trinajstić information content (AvgIpc) is 4.11. The Labute approximate surface area is 470 Å². The molecule has 23 heteroatoms. The first-order chi connectivity index (χ1) is 38.9. The van der Waals surface area contributed by atoms with Gasteiger partial charge in [-0.1, -0.05) is 24.3 Å². The molecule has 82 heavy (non-hydrogen) atoms. The minimum absolute atomic E-state index is 0.0531. The minimum Gasteiger partial charge on any atom is -0.508 e. The van der Waals surface area contributed by atoms with E-state index in [1.54, 1.807) is 27.7 Å². The van der Waals surface area contributed by atoms with Crippen LogP contribution in [-0.2, 0) is 4.74 Å². The number of benzene rings is 6. The van der Waals surface area contributed by atoms with Crippen LogP contribution in [0.3, 0.4) is 0 Å². The van der Waals surface area contributed by atoms with Crippen molar-refractivity contribution >= 4 is 41.4 Å². The summed E-state index contributed by atoms with van der Waals surface area (Å²) in [4.78, 5) is 88.0. The number of hydrogen-bond donors (Lipinski definition) is 9. The van der Waals surface area contributed by atoms with Crippen molar-refractivity contribution in [2.75, 3.05) is 47.0 Å². The van der Waals surface area contributed by atoms with Gasteiger partial charge < -0.3 is 71.3 Å². The number of carbonyl (C=O) groups excluding carboxylic acids is 6. The van der Waals surface area contributed by atoms with Gasteiger partial charge in [0, 0.05) is 60.0 Å². The number of aromatic hydroxyl groups is 3. The maximum atomic E-state index is 14.9. The zero-order valence-electron chi connectivity index (χ0n) is 45.5. The number of methoxy groups -OCH3 is 2. The van der Waals surface area contributed by atoms with Gasteiger partial charge >= 0.3 is 12.1 Å². The first-order valence-corrected chi connectivity index (χ1v) is 25.5. The van der Waals surface area contributed by atoms with Gasteiger partial charge in [-0.3, -0.25) is 24.0 Å². The normalized spacial score (nSPS) is 16.2. The number of halogens is 2. The van der Waals surface area contributed by atoms with E-state index in [4.69, 9.17) is 34.9 Å². The molecule has 2 saturated heterocycles. The lowest BCUT2D eigenvalue weighted by Crippen LogP contribution is -2.51. The molecule has 2 heterocycles. The fourth-order valence-electron chi connectivity index (χ4n) is 8.35. The summed E-state index contributed by atoms with van der Waals surface area (Å²) < 4.78 is 50.1. The van der Waals surface area contributed by atoms with Gasteiger partial charge in [0.15, 0.2) is 34.7 Å². The van der Waals surface area contributed by atoms with Gasteiger partial charge in [0.1, 0.15) is 39.7 Å². The van der Waals surface area contributed by atoms with Crippen molar-refractivity contribution in [3.8, 4) is 34.5 Å². The highest BCUT2D eigenvalue weighted by atomic mass is 19.1. The molecule has 8 rings (SSSR count). The summed E-state index contributed by atoms with van der Waals surface area (Å²) in [6, 6.07) is 26.2. The van der Waals surface area contributed by atoms with Gasteiger partial charge in [0.05, 0.1) is 44.5 Å². The van der Waals surface area contributed by atoms with Gasteiger partial charge in [0.2, 0.25) is 0 Å². The van der Waals surface area contributed by atoms with Crippen LogP contribution in [0.15, 0.2) is 121 Å². The third-order valence-electron chi connectivity index (χ3n) is 12.6. The molecular weight excluding hydrogens is 1070 g/mol. The molecular formula is C59H62F2N6O15. The number of nitrogens with one attached hydrogen (secondary N) is 4. The quantitative estimate of drug-likeness (QED) is 0.0516. The summed E-state index contributed by atoms with van der Waals surface area (Å²) in [5, 5.41) is 48.2. The van der Waals surface area contributed by atoms with Crippen molar-refractivity contribution in [2.45, 2.75) is 57.5 Å². The van der Waals surface area contributed by atoms with Crippen LogP contribution in [-0.4, -0.2) is 143 Å². The number of nitrogens with zero attached hydrogens (tertiary/aromatic N) is 1. The van der Waals surface area contributed by atoms with Crippen LogP contribution < -0.4 is 41.2 Å². The SMILES string of the molecule is CCOc1ccc(OC)c(F)c1C(=O)c1ccc(C(=O)N[C@@H]2CN(C(=O)OC(C)(C)C)C[C@H]2N)cc1.COc1ccc(O)c(C(=O)c2ccc(C(=O)N[C@@H]3CNC[C@H]3NC(=O)c3ccc(O)cc3)cc2)c1F.O=C(O)c1ccc(O)cc1. The van der Waals surface area contributed by atoms with Crippen LogP contribution in [0.1, 0.15) is 101 Å². The van der Waals surface area contributed by atoms with Gasteiger partial charge in [-0.25, -0.2) is 18.4 Å². The maximum Gasteiger partial charge on any atom is 0.410 e. The van der Waals surface area contributed by atoms with E-state index in [0.29, 0.717) is 18.7 Å². The van der Waals surface area contributed by atoms with Crippen molar-refractivity contribution < 1.29 is 81.7 Å². The first-order valence-electron chi connectivity index (χ1n) is 25.5. The molecule has 6 aromatic rings. The monoisotopic (exact) mass is 1130 g/mol. The van der Waals surface area contributed by atoms with E-state index < -0.39 is 76.1 Å². The minimum atomic E-state index is -0.986. The second kappa shape index (κ2) is 27.5. The Morgan fingerprint density at radius 1 is 0.573 bits per heavy atom. The molecule has 432 valence electrons. The van der Waals surface area contributed by atoms with E-state index in [1.807, 2.05) is 0 Å². The van der Waals surface area contributed by atoms with Crippen molar-refractivity contribution in [1.82, 2.24) is 26.2 Å². The number of carbonyl (C=O) groups is 7. The molecule has 0 aliphatic carbocycles. The third-order valence-corrected chi connectivity index (χ3v) is 12.6. The highest BCUT2D eigenvalue weighted by molar-refractivity contribution is 6.12. The number of phenols is 3. The molecule has 0 unspecified atom stereocenters. The fraction of sp³-hybridized carbons (Fsp3) is 0.271. The number of hydrogen-bond acceptors (Lipinski definition) is 16. The predicted octanol–water partition coefficient (Wildman–Crippen LogP) is 6.21. The molecule has 2 aliphatic rings. The van der Waals surface area contributed by atoms with Crippen LogP contribution in [0.2, 0.25) is 0 Å². The molecule has 10 N–H and O–H groups in total. The standard InChI is InChI=1S/C26H24FN3O6.C26H32FN3O6.C7H6O3/c1-36-21-11-10-20(32)22(23(21)27)24(33)14-2-4-15(5-3-14)25(34)29-18-12-28-13-19(18)30-26(35)16-6-8-17(31)9-7-16;1-6-35-19-11-12-20(34-5)22(27)21(19)23(31)15-7-9-16(10-8-15)24(32)29-18-14-30(13-17(18)28)25(33)36-26(2,3)4;8-6-3-1-5(2-4-6)7(9)10/h2-11,18-19,28,31-32H,12-13H2,1H3,(H,29,34)(H,30,35);7-12,17-18H,6,13-14,28H2,1-5H3,(H,29,32);1-4,8H,(H,9,10)/t18-,19-;17-,18-;/m11./s1. The van der Waals surface area contributed by atoms with Crippen LogP contribution >= 0.6 is 0 Å². The van der Waals surface area contributed by atoms with Crippen LogP contribution in [0.25, 0.3) is 0 Å². The van der Waals surface area contributed by atoms with Crippen molar-refractivity contribution in [3.63, 3.8) is 0 Å². The van der Waals surface area contributed by atoms with E-state index in [1.165, 1.54) is 140 Å². The van der Waals surface area contributed by atoms with E-state index in [2.05, 4.69) is 21.3 Å². The zero-order valence-corrected chi connectivity index (χ0v) is 45.5. The Morgan fingerprint density at radius 2 is 0.963 bits per heavy atom. The first kappa shape index (κ1) is 61.6. The van der Waals surface area contributed by atoms with Crippen molar-refractivity contribution in [2.24, 2.45) is 5.73 Å². The Morgan fingerprint density at radius 3 is 1.40 bits per heavy atom. The van der Waals surface area contributed by atoms with Crippen molar-refractivity contribution in [1.29, 1.82) is 0 Å². The highest BCUT2D eigenvalue weighted by Gasteiger charge is 2.37. The molecule has 0 aromatic heterocycles. The molecule has 2 aliphatic heterocycles. The number of rotatable bonds is 15. The number of amides is 4. The number of ketones is 2. The zero-order chi connectivity index (χ0) is 60.0. The molecule has 6 aromatic carbocycles. The third kappa shape index (κ3) is 15.8. The van der Waals surface area contributed by atoms with Crippen LogP contribution in [0.5, 0.6) is 34.5 Å². The number of carboxylic acids is 1. The summed E-state index contributed by atoms with van der Waals surface area (Å²) in [6.45, 7) is 8.66. The topological polar surface area (TPSA) is 315 Å². The lowest BCUT2D eigenvalue weighted by molar-refractivity contribution is 0.0287. The second-order valence-electron chi connectivity index (χ2n) is 19.5. The van der Waals surface area contributed by atoms with E-state index in [-0.39, 0.29) is 99.8 Å². The van der Waals surface area contributed by atoms with Gasteiger partial charge in [-0.05, 0) is 125 Å². The van der Waals surface area contributed by atoms with E-state index in [9.17, 15) is 52.6 Å². The molecule has 2 fully saturated rings. The smallest absolute Gasteiger partial charge is 0.410 e. The summed E-state index contributed by atoms with van der Waals surface area (Å²) in [5.41, 5.74) is 6.09. The number of nitrogens with two attached hydrogens (primary N) is 1. The summed E-state index contributed by atoms with van der Waals surface area (Å²) in [7, 11) is 2.56. The van der Waals surface area contributed by atoms with Gasteiger partial charge in [-0.15, -0.1) is 0 Å². The van der Waals surface area contributed by atoms with Crippen LogP contribution in [0, 0.1) is 11.6 Å². The summed E-state index contributed by atoms with van der Waals surface area (Å²) in [5.74, 6) is -5.85. The fourth-order valence-corrected chi connectivity index (χ4v) is 8.35. The molecule has 0 spiro atoms. The largest absolute Gasteiger partial charge is 0.508 e. The number of aromatic carboxylic acids is 1. The Bertz CT molecular complexity index is 3280. The number of likely N-dealkylation sites (tertiary alicyclic amines) is 1. The molecule has 0 radical (unpaired) electrons. The molecule has 4 amide bonds. The summed E-state index contributed by atoms with van der Waals surface area (Å²) >= 11 is 0. The number of ether oxygens (including phenoxy) is 4.